The monoisotopic (exact) mass is 285 g/mol. The van der Waals surface area contributed by atoms with Crippen molar-refractivity contribution in [2.24, 2.45) is 5.73 Å². The number of likely N-dealkylation sites (tertiary alicyclic amines) is 1. The highest BCUT2D eigenvalue weighted by Crippen LogP contribution is 2.25. The van der Waals surface area contributed by atoms with Crippen molar-refractivity contribution in [3.05, 3.63) is 48.3 Å². The Morgan fingerprint density at radius 3 is 2.95 bits per heavy atom. The molecule has 0 bridgehead atoms. The lowest BCUT2D eigenvalue weighted by Gasteiger charge is -2.16. The number of nitrogens with two attached hydrogens (primary N) is 1. The van der Waals surface area contributed by atoms with Crippen LogP contribution in [0.3, 0.4) is 0 Å². The van der Waals surface area contributed by atoms with Crippen LogP contribution in [0.25, 0.3) is 0 Å². The Kier molecular flexibility index (Phi) is 3.96. The topological polar surface area (TPSA) is 77.0 Å². The molecule has 1 fully saturated rings. The number of carbonyl (C=O) groups is 1. The standard InChI is InChI=1S/C15H19N5O/c16-14(21)15-18-6-8-20(15)10-9-19-7-4-12(11-19)13-3-1-2-5-17-13/h1-3,5-6,8,12H,4,7,9-11H2,(H2,16,21). The molecule has 3 heterocycles. The highest BCUT2D eigenvalue weighted by Gasteiger charge is 2.24. The van der Waals surface area contributed by atoms with Gasteiger partial charge in [-0.25, -0.2) is 4.98 Å². The van der Waals surface area contributed by atoms with Crippen LogP contribution in [0.1, 0.15) is 28.7 Å². The zero-order chi connectivity index (χ0) is 14.7. The van der Waals surface area contributed by atoms with Crippen LogP contribution in [-0.4, -0.2) is 45.0 Å². The van der Waals surface area contributed by atoms with Crippen molar-refractivity contribution in [2.45, 2.75) is 18.9 Å². The molecule has 21 heavy (non-hydrogen) atoms. The van der Waals surface area contributed by atoms with Crippen molar-refractivity contribution < 1.29 is 4.79 Å². The average molecular weight is 285 g/mol. The van der Waals surface area contributed by atoms with E-state index in [1.807, 2.05) is 22.9 Å². The van der Waals surface area contributed by atoms with E-state index in [-0.39, 0.29) is 0 Å². The fourth-order valence-corrected chi connectivity index (χ4v) is 2.86. The van der Waals surface area contributed by atoms with E-state index in [4.69, 9.17) is 5.73 Å². The van der Waals surface area contributed by atoms with Gasteiger partial charge in [-0.15, -0.1) is 0 Å². The Balaban J connectivity index is 1.56. The minimum Gasteiger partial charge on any atom is -0.363 e. The first kappa shape index (κ1) is 13.8. The summed E-state index contributed by atoms with van der Waals surface area (Å²) in [6.45, 7) is 3.69. The zero-order valence-electron chi connectivity index (χ0n) is 11.9. The van der Waals surface area contributed by atoms with Crippen molar-refractivity contribution in [1.82, 2.24) is 19.4 Å². The molecule has 6 heteroatoms. The van der Waals surface area contributed by atoms with Crippen LogP contribution < -0.4 is 5.73 Å². The summed E-state index contributed by atoms with van der Waals surface area (Å²) in [6.07, 6.45) is 6.39. The number of primary amides is 1. The van der Waals surface area contributed by atoms with Crippen molar-refractivity contribution in [3.63, 3.8) is 0 Å². The zero-order valence-corrected chi connectivity index (χ0v) is 11.9. The molecule has 110 valence electrons. The predicted molar refractivity (Wildman–Crippen MR) is 78.8 cm³/mol. The molecular formula is C15H19N5O. The van der Waals surface area contributed by atoms with Crippen LogP contribution in [0.15, 0.2) is 36.8 Å². The van der Waals surface area contributed by atoms with Crippen LogP contribution in [0.5, 0.6) is 0 Å². The number of nitrogens with zero attached hydrogens (tertiary/aromatic N) is 4. The van der Waals surface area contributed by atoms with Gasteiger partial charge in [0.25, 0.3) is 5.91 Å². The van der Waals surface area contributed by atoms with Crippen molar-refractivity contribution in [2.75, 3.05) is 19.6 Å². The van der Waals surface area contributed by atoms with Crippen LogP contribution in [0.4, 0.5) is 0 Å². The molecule has 0 aromatic carbocycles. The van der Waals surface area contributed by atoms with Crippen LogP contribution >= 0.6 is 0 Å². The summed E-state index contributed by atoms with van der Waals surface area (Å²) < 4.78 is 1.82. The average Bonchev–Trinajstić information content (AvgIpc) is 3.15. The Labute approximate surface area is 123 Å². The van der Waals surface area contributed by atoms with E-state index in [1.54, 1.807) is 12.4 Å². The summed E-state index contributed by atoms with van der Waals surface area (Å²) in [5, 5.41) is 0. The number of rotatable bonds is 5. The second-order valence-electron chi connectivity index (χ2n) is 5.35. The Morgan fingerprint density at radius 2 is 2.19 bits per heavy atom. The van der Waals surface area contributed by atoms with Gasteiger partial charge >= 0.3 is 0 Å². The van der Waals surface area contributed by atoms with E-state index in [9.17, 15) is 4.79 Å². The molecule has 1 atom stereocenters. The number of aromatic nitrogens is 3. The molecule has 3 rings (SSSR count). The Bertz CT molecular complexity index is 610. The van der Waals surface area contributed by atoms with E-state index in [0.29, 0.717) is 11.7 Å². The summed E-state index contributed by atoms with van der Waals surface area (Å²) in [5.74, 6) is 0.354. The fraction of sp³-hybridized carbons (Fsp3) is 0.400. The molecule has 1 aliphatic rings. The number of pyridine rings is 1. The van der Waals surface area contributed by atoms with Gasteiger partial charge in [-0.3, -0.25) is 9.78 Å². The maximum absolute atomic E-state index is 11.2. The van der Waals surface area contributed by atoms with E-state index in [0.717, 1.165) is 32.6 Å². The van der Waals surface area contributed by atoms with Gasteiger partial charge in [0.15, 0.2) is 5.82 Å². The van der Waals surface area contributed by atoms with Crippen LogP contribution in [0.2, 0.25) is 0 Å². The smallest absolute Gasteiger partial charge is 0.284 e. The number of hydrogen-bond acceptors (Lipinski definition) is 4. The minimum atomic E-state index is -0.479. The third kappa shape index (κ3) is 3.11. The molecule has 1 unspecified atom stereocenters. The highest BCUT2D eigenvalue weighted by atomic mass is 16.1. The molecule has 2 aromatic rings. The third-order valence-corrected chi connectivity index (χ3v) is 3.97. The molecule has 1 aliphatic heterocycles. The fourth-order valence-electron chi connectivity index (χ4n) is 2.86. The summed E-state index contributed by atoms with van der Waals surface area (Å²) in [5.41, 5.74) is 6.46. The lowest BCUT2D eigenvalue weighted by molar-refractivity contribution is 0.0985. The highest BCUT2D eigenvalue weighted by molar-refractivity contribution is 5.89. The van der Waals surface area contributed by atoms with Gasteiger partial charge in [0.2, 0.25) is 0 Å². The molecule has 0 spiro atoms. The maximum Gasteiger partial charge on any atom is 0.284 e. The normalized spacial score (nSPS) is 19.0. The van der Waals surface area contributed by atoms with E-state index in [1.165, 1.54) is 5.69 Å². The first-order chi connectivity index (χ1) is 10.2. The maximum atomic E-state index is 11.2. The number of imidazole rings is 1. The van der Waals surface area contributed by atoms with Gasteiger partial charge in [0, 0.05) is 49.8 Å². The Hall–Kier alpha value is -2.21. The summed E-state index contributed by atoms with van der Waals surface area (Å²) in [6, 6.07) is 6.07. The molecule has 1 saturated heterocycles. The molecule has 0 saturated carbocycles. The van der Waals surface area contributed by atoms with E-state index >= 15 is 0 Å². The molecule has 6 nitrogen and oxygen atoms in total. The van der Waals surface area contributed by atoms with Gasteiger partial charge < -0.3 is 15.2 Å². The van der Waals surface area contributed by atoms with Crippen molar-refractivity contribution in [1.29, 1.82) is 0 Å². The first-order valence-electron chi connectivity index (χ1n) is 7.18. The van der Waals surface area contributed by atoms with Gasteiger partial charge in [0.1, 0.15) is 0 Å². The van der Waals surface area contributed by atoms with Gasteiger partial charge in [-0.2, -0.15) is 0 Å². The number of carbonyl (C=O) groups excluding carboxylic acids is 1. The SMILES string of the molecule is NC(=O)c1nccn1CCN1CCC(c2ccccn2)C1. The molecular weight excluding hydrogens is 266 g/mol. The van der Waals surface area contributed by atoms with Crippen LogP contribution in [-0.2, 0) is 6.54 Å². The van der Waals surface area contributed by atoms with Crippen LogP contribution in [0, 0.1) is 0 Å². The largest absolute Gasteiger partial charge is 0.363 e. The molecule has 2 N–H and O–H groups in total. The molecule has 1 amide bonds. The Morgan fingerprint density at radius 1 is 1.29 bits per heavy atom. The first-order valence-corrected chi connectivity index (χ1v) is 7.18. The molecule has 0 radical (unpaired) electrons. The second-order valence-corrected chi connectivity index (χ2v) is 5.35. The van der Waals surface area contributed by atoms with Gasteiger partial charge in [0.05, 0.1) is 0 Å². The summed E-state index contributed by atoms with van der Waals surface area (Å²) in [7, 11) is 0. The number of amides is 1. The second kappa shape index (κ2) is 6.05. The van der Waals surface area contributed by atoms with E-state index in [2.05, 4.69) is 20.9 Å². The van der Waals surface area contributed by atoms with Gasteiger partial charge in [-0.1, -0.05) is 6.07 Å². The predicted octanol–water partition coefficient (Wildman–Crippen LogP) is 0.866. The van der Waals surface area contributed by atoms with Gasteiger partial charge in [-0.05, 0) is 25.1 Å². The van der Waals surface area contributed by atoms with Crippen molar-refractivity contribution in [3.8, 4) is 0 Å². The lowest BCUT2D eigenvalue weighted by atomic mass is 10.0. The minimum absolute atomic E-state index is 0.329. The summed E-state index contributed by atoms with van der Waals surface area (Å²) in [4.78, 5) is 22.0. The third-order valence-electron chi connectivity index (χ3n) is 3.97. The van der Waals surface area contributed by atoms with Crippen molar-refractivity contribution >= 4 is 5.91 Å². The van der Waals surface area contributed by atoms with E-state index < -0.39 is 5.91 Å². The molecule has 0 aliphatic carbocycles. The summed E-state index contributed by atoms with van der Waals surface area (Å²) >= 11 is 0. The molecule has 2 aromatic heterocycles. The lowest BCUT2D eigenvalue weighted by Crippen LogP contribution is -2.27. The number of hydrogen-bond donors (Lipinski definition) is 1. The quantitative estimate of drug-likeness (QED) is 0.884.